The number of nitrogens with one attached hydrogen (secondary N) is 1. The summed E-state index contributed by atoms with van der Waals surface area (Å²) in [5.74, 6) is 0. The Hall–Kier alpha value is -1.79. The maximum atomic E-state index is 8.74. The standard InChI is InChI=1S/C13H19N5O/c19-9-1-8-18-11-13(16-17-18)10-15-7-4-12-2-5-14-6-3-12/h2-3,5-6,11,15,19H,1,4,7-10H2. The van der Waals surface area contributed by atoms with Crippen LogP contribution in [0.15, 0.2) is 30.7 Å². The van der Waals surface area contributed by atoms with Crippen molar-refractivity contribution in [3.63, 3.8) is 0 Å². The number of aromatic nitrogens is 4. The van der Waals surface area contributed by atoms with E-state index in [0.717, 1.165) is 18.7 Å². The third kappa shape index (κ3) is 4.76. The molecule has 0 aliphatic heterocycles. The Morgan fingerprint density at radius 2 is 2.11 bits per heavy atom. The normalized spacial score (nSPS) is 10.8. The fourth-order valence-corrected chi connectivity index (χ4v) is 1.76. The third-order valence-electron chi connectivity index (χ3n) is 2.78. The van der Waals surface area contributed by atoms with Gasteiger partial charge < -0.3 is 10.4 Å². The van der Waals surface area contributed by atoms with E-state index in [2.05, 4.69) is 20.6 Å². The first-order valence-electron chi connectivity index (χ1n) is 6.48. The summed E-state index contributed by atoms with van der Waals surface area (Å²) in [5.41, 5.74) is 2.20. The van der Waals surface area contributed by atoms with Gasteiger partial charge in [0.15, 0.2) is 0 Å². The molecule has 0 unspecified atom stereocenters. The molecule has 0 atom stereocenters. The first-order valence-corrected chi connectivity index (χ1v) is 6.48. The molecule has 2 aromatic heterocycles. The van der Waals surface area contributed by atoms with Gasteiger partial charge in [-0.25, -0.2) is 0 Å². The highest BCUT2D eigenvalue weighted by Gasteiger charge is 2.00. The van der Waals surface area contributed by atoms with Crippen LogP contribution in [-0.2, 0) is 19.5 Å². The van der Waals surface area contributed by atoms with Crippen LogP contribution in [0.4, 0.5) is 0 Å². The highest BCUT2D eigenvalue weighted by atomic mass is 16.3. The van der Waals surface area contributed by atoms with Crippen molar-refractivity contribution in [3.8, 4) is 0 Å². The monoisotopic (exact) mass is 261 g/mol. The largest absolute Gasteiger partial charge is 0.396 e. The Labute approximate surface area is 112 Å². The van der Waals surface area contributed by atoms with Crippen molar-refractivity contribution in [3.05, 3.63) is 42.0 Å². The minimum absolute atomic E-state index is 0.180. The molecule has 6 nitrogen and oxygen atoms in total. The highest BCUT2D eigenvalue weighted by molar-refractivity contribution is 5.09. The van der Waals surface area contributed by atoms with Crippen molar-refractivity contribution in [2.75, 3.05) is 13.2 Å². The topological polar surface area (TPSA) is 75.9 Å². The van der Waals surface area contributed by atoms with Crippen molar-refractivity contribution < 1.29 is 5.11 Å². The molecule has 19 heavy (non-hydrogen) atoms. The molecule has 0 aromatic carbocycles. The SMILES string of the molecule is OCCCn1cc(CNCCc2ccncc2)nn1. The number of hydrogen-bond acceptors (Lipinski definition) is 5. The lowest BCUT2D eigenvalue weighted by Crippen LogP contribution is -2.16. The molecule has 0 spiro atoms. The molecule has 0 fully saturated rings. The van der Waals surface area contributed by atoms with Crippen LogP contribution in [0.3, 0.4) is 0 Å². The van der Waals surface area contributed by atoms with Crippen LogP contribution in [0.5, 0.6) is 0 Å². The Morgan fingerprint density at radius 3 is 2.89 bits per heavy atom. The zero-order valence-electron chi connectivity index (χ0n) is 10.9. The number of nitrogens with zero attached hydrogens (tertiary/aromatic N) is 4. The first kappa shape index (κ1) is 13.6. The number of aryl methyl sites for hydroxylation is 1. The molecule has 0 saturated heterocycles. The van der Waals surface area contributed by atoms with Crippen LogP contribution in [0.25, 0.3) is 0 Å². The number of pyridine rings is 1. The molecule has 0 amide bonds. The molecule has 0 aliphatic rings. The summed E-state index contributed by atoms with van der Waals surface area (Å²) in [7, 11) is 0. The number of aliphatic hydroxyl groups is 1. The van der Waals surface area contributed by atoms with Gasteiger partial charge >= 0.3 is 0 Å². The summed E-state index contributed by atoms with van der Waals surface area (Å²) in [4.78, 5) is 3.99. The molecule has 0 saturated carbocycles. The second kappa shape index (κ2) is 7.60. The van der Waals surface area contributed by atoms with Gasteiger partial charge in [0, 0.05) is 38.3 Å². The summed E-state index contributed by atoms with van der Waals surface area (Å²) in [6.07, 6.45) is 7.21. The number of hydrogen-bond donors (Lipinski definition) is 2. The fourth-order valence-electron chi connectivity index (χ4n) is 1.76. The van der Waals surface area contributed by atoms with Crippen LogP contribution >= 0.6 is 0 Å². The molecule has 102 valence electrons. The van der Waals surface area contributed by atoms with Gasteiger partial charge in [0.2, 0.25) is 0 Å². The maximum Gasteiger partial charge on any atom is 0.0964 e. The molecular formula is C13H19N5O. The van der Waals surface area contributed by atoms with Crippen molar-refractivity contribution in [1.82, 2.24) is 25.3 Å². The van der Waals surface area contributed by atoms with Crippen molar-refractivity contribution >= 4 is 0 Å². The van der Waals surface area contributed by atoms with Crippen molar-refractivity contribution in [2.24, 2.45) is 0 Å². The zero-order chi connectivity index (χ0) is 13.3. The van der Waals surface area contributed by atoms with E-state index in [-0.39, 0.29) is 6.61 Å². The van der Waals surface area contributed by atoms with Gasteiger partial charge in [-0.05, 0) is 37.1 Å². The van der Waals surface area contributed by atoms with Crippen LogP contribution in [0.1, 0.15) is 17.7 Å². The van der Waals surface area contributed by atoms with E-state index in [1.807, 2.05) is 30.7 Å². The third-order valence-corrected chi connectivity index (χ3v) is 2.78. The molecule has 6 heteroatoms. The van der Waals surface area contributed by atoms with Gasteiger partial charge in [-0.1, -0.05) is 5.21 Å². The molecule has 0 bridgehead atoms. The lowest BCUT2D eigenvalue weighted by atomic mass is 10.2. The lowest BCUT2D eigenvalue weighted by Gasteiger charge is -2.02. The predicted molar refractivity (Wildman–Crippen MR) is 71.4 cm³/mol. The van der Waals surface area contributed by atoms with Gasteiger partial charge in [-0.2, -0.15) is 0 Å². The Kier molecular flexibility index (Phi) is 5.46. The number of aliphatic hydroxyl groups excluding tert-OH is 1. The Bertz CT molecular complexity index is 471. The first-order chi connectivity index (χ1) is 9.38. The van der Waals surface area contributed by atoms with E-state index in [4.69, 9.17) is 5.11 Å². The Morgan fingerprint density at radius 1 is 1.26 bits per heavy atom. The molecular weight excluding hydrogens is 242 g/mol. The minimum atomic E-state index is 0.180. The van der Waals surface area contributed by atoms with Gasteiger partial charge in [0.05, 0.1) is 5.69 Å². The van der Waals surface area contributed by atoms with Crippen molar-refractivity contribution in [2.45, 2.75) is 25.9 Å². The summed E-state index contributed by atoms with van der Waals surface area (Å²) < 4.78 is 1.76. The quantitative estimate of drug-likeness (QED) is 0.672. The summed E-state index contributed by atoms with van der Waals surface area (Å²) in [5, 5.41) is 20.1. The van der Waals surface area contributed by atoms with Crippen LogP contribution in [-0.4, -0.2) is 38.2 Å². The molecule has 2 heterocycles. The van der Waals surface area contributed by atoms with E-state index < -0.39 is 0 Å². The minimum Gasteiger partial charge on any atom is -0.396 e. The average Bonchev–Trinajstić information content (AvgIpc) is 2.90. The van der Waals surface area contributed by atoms with Crippen LogP contribution < -0.4 is 5.32 Å². The molecule has 2 N–H and O–H groups in total. The zero-order valence-corrected chi connectivity index (χ0v) is 10.9. The molecule has 0 aliphatic carbocycles. The summed E-state index contributed by atoms with van der Waals surface area (Å²) >= 11 is 0. The van der Waals surface area contributed by atoms with Crippen LogP contribution in [0, 0.1) is 0 Å². The van der Waals surface area contributed by atoms with Gasteiger partial charge in [0.25, 0.3) is 0 Å². The fraction of sp³-hybridized carbons (Fsp3) is 0.462. The van der Waals surface area contributed by atoms with E-state index >= 15 is 0 Å². The second-order valence-electron chi connectivity index (χ2n) is 4.33. The lowest BCUT2D eigenvalue weighted by molar-refractivity contribution is 0.276. The smallest absolute Gasteiger partial charge is 0.0964 e. The van der Waals surface area contributed by atoms with Gasteiger partial charge in [-0.3, -0.25) is 9.67 Å². The van der Waals surface area contributed by atoms with Gasteiger partial charge in [0.1, 0.15) is 0 Å². The van der Waals surface area contributed by atoms with Crippen molar-refractivity contribution in [1.29, 1.82) is 0 Å². The second-order valence-corrected chi connectivity index (χ2v) is 4.33. The van der Waals surface area contributed by atoms with Gasteiger partial charge in [-0.15, -0.1) is 5.10 Å². The maximum absolute atomic E-state index is 8.74. The number of rotatable bonds is 8. The predicted octanol–water partition coefficient (Wildman–Crippen LogP) is 0.388. The highest BCUT2D eigenvalue weighted by Crippen LogP contribution is 1.97. The summed E-state index contributed by atoms with van der Waals surface area (Å²) in [6.45, 7) is 2.50. The van der Waals surface area contributed by atoms with E-state index in [9.17, 15) is 0 Å². The Balaban J connectivity index is 1.66. The van der Waals surface area contributed by atoms with E-state index in [1.165, 1.54) is 5.56 Å². The van der Waals surface area contributed by atoms with E-state index in [0.29, 0.717) is 19.5 Å². The van der Waals surface area contributed by atoms with Crippen LogP contribution in [0.2, 0.25) is 0 Å². The average molecular weight is 261 g/mol. The molecule has 2 rings (SSSR count). The molecule has 0 radical (unpaired) electrons. The molecule has 2 aromatic rings. The summed E-state index contributed by atoms with van der Waals surface area (Å²) in [6, 6.07) is 4.04. The van der Waals surface area contributed by atoms with E-state index in [1.54, 1.807) is 4.68 Å².